The summed E-state index contributed by atoms with van der Waals surface area (Å²) in [5.74, 6) is 1.38. The zero-order valence-electron chi connectivity index (χ0n) is 9.06. The van der Waals surface area contributed by atoms with E-state index in [1.807, 2.05) is 39.0 Å². The second-order valence-electron chi connectivity index (χ2n) is 3.76. The molecule has 0 saturated heterocycles. The van der Waals surface area contributed by atoms with Gasteiger partial charge in [-0.1, -0.05) is 19.9 Å². The van der Waals surface area contributed by atoms with Crippen LogP contribution < -0.4 is 0 Å². The molecule has 2 heterocycles. The normalized spacial score (nSPS) is 10.9. The van der Waals surface area contributed by atoms with Crippen molar-refractivity contribution in [2.45, 2.75) is 26.7 Å². The minimum absolute atomic E-state index is 0.246. The Labute approximate surface area is 88.4 Å². The molecule has 0 spiro atoms. The smallest absolute Gasteiger partial charge is 0.266 e. The van der Waals surface area contributed by atoms with Crippen molar-refractivity contribution in [1.29, 1.82) is 0 Å². The molecule has 0 bridgehead atoms. The van der Waals surface area contributed by atoms with E-state index < -0.39 is 0 Å². The molecule has 0 aliphatic heterocycles. The zero-order chi connectivity index (χ0) is 10.8. The van der Waals surface area contributed by atoms with E-state index in [0.717, 1.165) is 11.4 Å². The van der Waals surface area contributed by atoms with Crippen LogP contribution in [0.2, 0.25) is 0 Å². The fourth-order valence-corrected chi connectivity index (χ4v) is 1.23. The van der Waals surface area contributed by atoms with E-state index in [2.05, 4.69) is 15.2 Å². The Morgan fingerprint density at radius 3 is 2.60 bits per heavy atom. The Kier molecular flexibility index (Phi) is 2.49. The molecule has 0 atom stereocenters. The van der Waals surface area contributed by atoms with Crippen molar-refractivity contribution in [2.75, 3.05) is 0 Å². The van der Waals surface area contributed by atoms with E-state index in [9.17, 15) is 0 Å². The molecule has 0 aliphatic rings. The van der Waals surface area contributed by atoms with Crippen LogP contribution in [0.4, 0.5) is 0 Å². The highest BCUT2D eigenvalue weighted by atomic mass is 16.4. The van der Waals surface area contributed by atoms with Gasteiger partial charge in [0.25, 0.3) is 5.89 Å². The summed E-state index contributed by atoms with van der Waals surface area (Å²) in [5, 5.41) is 7.93. The lowest BCUT2D eigenvalue weighted by atomic mass is 10.2. The Bertz CT molecular complexity index is 462. The highest BCUT2D eigenvalue weighted by Gasteiger charge is 2.11. The maximum atomic E-state index is 5.50. The molecule has 0 aliphatic carbocycles. The largest absolute Gasteiger partial charge is 0.419 e. The molecule has 4 nitrogen and oxygen atoms in total. The van der Waals surface area contributed by atoms with E-state index in [-0.39, 0.29) is 5.92 Å². The van der Waals surface area contributed by atoms with Gasteiger partial charge >= 0.3 is 0 Å². The van der Waals surface area contributed by atoms with Gasteiger partial charge in [0, 0.05) is 11.6 Å². The highest BCUT2D eigenvalue weighted by Crippen LogP contribution is 2.19. The van der Waals surface area contributed by atoms with Gasteiger partial charge in [-0.05, 0) is 19.1 Å². The monoisotopic (exact) mass is 203 g/mol. The summed E-state index contributed by atoms with van der Waals surface area (Å²) in [7, 11) is 0. The predicted molar refractivity (Wildman–Crippen MR) is 56.4 cm³/mol. The van der Waals surface area contributed by atoms with Crippen LogP contribution in [-0.4, -0.2) is 15.2 Å². The lowest BCUT2D eigenvalue weighted by Crippen LogP contribution is -1.85. The fourth-order valence-electron chi connectivity index (χ4n) is 1.23. The number of nitrogens with zero attached hydrogens (tertiary/aromatic N) is 3. The van der Waals surface area contributed by atoms with Gasteiger partial charge in [0.05, 0.1) is 0 Å². The van der Waals surface area contributed by atoms with Crippen molar-refractivity contribution >= 4 is 0 Å². The van der Waals surface area contributed by atoms with Crippen molar-refractivity contribution in [3.05, 3.63) is 29.8 Å². The number of aryl methyl sites for hydroxylation is 1. The van der Waals surface area contributed by atoms with Crippen LogP contribution in [-0.2, 0) is 0 Å². The molecule has 4 heteroatoms. The molecular weight excluding hydrogens is 190 g/mol. The summed E-state index contributed by atoms with van der Waals surface area (Å²) in [6.07, 6.45) is 0. The van der Waals surface area contributed by atoms with Gasteiger partial charge in [-0.15, -0.1) is 10.2 Å². The van der Waals surface area contributed by atoms with Gasteiger partial charge in [-0.25, -0.2) is 4.98 Å². The van der Waals surface area contributed by atoms with Crippen LogP contribution in [0.1, 0.15) is 31.4 Å². The first kappa shape index (κ1) is 9.83. The van der Waals surface area contributed by atoms with Crippen molar-refractivity contribution in [1.82, 2.24) is 15.2 Å². The summed E-state index contributed by atoms with van der Waals surface area (Å²) in [5.41, 5.74) is 1.67. The molecule has 0 amide bonds. The lowest BCUT2D eigenvalue weighted by Gasteiger charge is -1.96. The minimum Gasteiger partial charge on any atom is -0.419 e. The lowest BCUT2D eigenvalue weighted by molar-refractivity contribution is 0.479. The van der Waals surface area contributed by atoms with Crippen LogP contribution in [0.25, 0.3) is 11.6 Å². The maximum absolute atomic E-state index is 5.50. The van der Waals surface area contributed by atoms with Crippen LogP contribution in [0.5, 0.6) is 0 Å². The molecule has 78 valence electrons. The molecule has 2 aromatic rings. The number of rotatable bonds is 2. The highest BCUT2D eigenvalue weighted by molar-refractivity contribution is 5.45. The Balaban J connectivity index is 2.37. The number of aromatic nitrogens is 3. The SMILES string of the molecule is Cc1cccc(-c2nnc(C(C)C)o2)n1. The third-order valence-corrected chi connectivity index (χ3v) is 2.04. The third kappa shape index (κ3) is 2.03. The molecule has 15 heavy (non-hydrogen) atoms. The Hall–Kier alpha value is -1.71. The fraction of sp³-hybridized carbons (Fsp3) is 0.364. The topological polar surface area (TPSA) is 51.8 Å². The summed E-state index contributed by atoms with van der Waals surface area (Å²) in [4.78, 5) is 4.32. The molecule has 0 aromatic carbocycles. The van der Waals surface area contributed by atoms with Crippen LogP contribution in [0.3, 0.4) is 0 Å². The van der Waals surface area contributed by atoms with E-state index in [1.165, 1.54) is 0 Å². The second-order valence-corrected chi connectivity index (χ2v) is 3.76. The van der Waals surface area contributed by atoms with Crippen LogP contribution in [0, 0.1) is 6.92 Å². The molecule has 0 unspecified atom stereocenters. The average molecular weight is 203 g/mol. The van der Waals surface area contributed by atoms with E-state index in [1.54, 1.807) is 0 Å². The summed E-state index contributed by atoms with van der Waals surface area (Å²) in [6, 6.07) is 5.73. The quantitative estimate of drug-likeness (QED) is 0.752. The van der Waals surface area contributed by atoms with Gasteiger partial charge in [-0.2, -0.15) is 0 Å². The first-order valence-corrected chi connectivity index (χ1v) is 4.94. The summed E-state index contributed by atoms with van der Waals surface area (Å²) < 4.78 is 5.50. The zero-order valence-corrected chi connectivity index (χ0v) is 9.06. The molecule has 2 rings (SSSR count). The van der Waals surface area contributed by atoms with Crippen molar-refractivity contribution in [3.63, 3.8) is 0 Å². The number of hydrogen-bond acceptors (Lipinski definition) is 4. The molecule has 0 saturated carbocycles. The van der Waals surface area contributed by atoms with Gasteiger partial charge in [0.1, 0.15) is 5.69 Å². The first-order chi connectivity index (χ1) is 7.16. The molecule has 0 radical (unpaired) electrons. The molecule has 0 fully saturated rings. The molecular formula is C11H13N3O. The van der Waals surface area contributed by atoms with Crippen molar-refractivity contribution in [2.24, 2.45) is 0 Å². The Morgan fingerprint density at radius 2 is 2.00 bits per heavy atom. The van der Waals surface area contributed by atoms with E-state index in [0.29, 0.717) is 11.8 Å². The van der Waals surface area contributed by atoms with E-state index in [4.69, 9.17) is 4.42 Å². The summed E-state index contributed by atoms with van der Waals surface area (Å²) >= 11 is 0. The third-order valence-electron chi connectivity index (χ3n) is 2.04. The minimum atomic E-state index is 0.246. The number of pyridine rings is 1. The van der Waals surface area contributed by atoms with E-state index >= 15 is 0 Å². The predicted octanol–water partition coefficient (Wildman–Crippen LogP) is 2.56. The van der Waals surface area contributed by atoms with Crippen LogP contribution >= 0.6 is 0 Å². The van der Waals surface area contributed by atoms with Crippen molar-refractivity contribution in [3.8, 4) is 11.6 Å². The standard InChI is InChI=1S/C11H13N3O/c1-7(2)10-13-14-11(15-10)9-6-4-5-8(3)12-9/h4-7H,1-3H3. The molecule has 0 N–H and O–H groups in total. The van der Waals surface area contributed by atoms with Crippen LogP contribution in [0.15, 0.2) is 22.6 Å². The molecule has 2 aromatic heterocycles. The second kappa shape index (κ2) is 3.81. The van der Waals surface area contributed by atoms with Gasteiger partial charge in [0.2, 0.25) is 5.89 Å². The Morgan fingerprint density at radius 1 is 1.20 bits per heavy atom. The maximum Gasteiger partial charge on any atom is 0.266 e. The average Bonchev–Trinajstić information content (AvgIpc) is 2.66. The first-order valence-electron chi connectivity index (χ1n) is 4.94. The van der Waals surface area contributed by atoms with Crippen molar-refractivity contribution < 1.29 is 4.42 Å². The van der Waals surface area contributed by atoms with Gasteiger partial charge in [-0.3, -0.25) is 0 Å². The number of hydrogen-bond donors (Lipinski definition) is 0. The van der Waals surface area contributed by atoms with Gasteiger partial charge in [0.15, 0.2) is 0 Å². The van der Waals surface area contributed by atoms with Gasteiger partial charge < -0.3 is 4.42 Å². The summed E-state index contributed by atoms with van der Waals surface area (Å²) in [6.45, 7) is 5.96.